The van der Waals surface area contributed by atoms with E-state index in [1.165, 1.54) is 12.1 Å². The molecule has 0 saturated carbocycles. The zero-order chi connectivity index (χ0) is 15.6. The van der Waals surface area contributed by atoms with Gasteiger partial charge < -0.3 is 14.9 Å². The summed E-state index contributed by atoms with van der Waals surface area (Å²) in [6, 6.07) is 4.61. The van der Waals surface area contributed by atoms with E-state index in [0.717, 1.165) is 12.8 Å². The smallest absolute Gasteiger partial charge is 0.257 e. The summed E-state index contributed by atoms with van der Waals surface area (Å²) in [5, 5.41) is 10.2. The number of hydrogen-bond acceptors (Lipinski definition) is 3. The summed E-state index contributed by atoms with van der Waals surface area (Å²) in [4.78, 5) is 27.2. The van der Waals surface area contributed by atoms with Crippen LogP contribution in [0.25, 0.3) is 0 Å². The third-order valence-electron chi connectivity index (χ3n) is 3.99. The van der Waals surface area contributed by atoms with Crippen molar-refractivity contribution in [2.24, 2.45) is 0 Å². The number of nitrogens with zero attached hydrogens (tertiary/aromatic N) is 2. The molecule has 2 amide bonds. The highest BCUT2D eigenvalue weighted by atomic mass is 35.5. The average Bonchev–Trinajstić information content (AvgIpc) is 2.48. The predicted molar refractivity (Wildman–Crippen MR) is 80.5 cm³/mol. The van der Waals surface area contributed by atoms with Gasteiger partial charge in [0.1, 0.15) is 5.75 Å². The number of carbonyl (C=O) groups excluding carboxylic acids is 2. The minimum atomic E-state index is -0.223. The van der Waals surface area contributed by atoms with Crippen LogP contribution < -0.4 is 0 Å². The first-order valence-electron chi connectivity index (χ1n) is 6.91. The highest BCUT2D eigenvalue weighted by molar-refractivity contribution is 6.31. The molecule has 0 aliphatic carbocycles. The van der Waals surface area contributed by atoms with Crippen LogP contribution in [0.4, 0.5) is 0 Å². The quantitative estimate of drug-likeness (QED) is 0.910. The molecule has 1 saturated heterocycles. The Labute approximate surface area is 129 Å². The van der Waals surface area contributed by atoms with Gasteiger partial charge in [0.15, 0.2) is 0 Å². The summed E-state index contributed by atoms with van der Waals surface area (Å²) in [7, 11) is 1.78. The maximum absolute atomic E-state index is 12.4. The van der Waals surface area contributed by atoms with Crippen LogP contribution in [0.3, 0.4) is 0 Å². The normalized spacial score (nSPS) is 15.9. The Morgan fingerprint density at radius 3 is 2.52 bits per heavy atom. The van der Waals surface area contributed by atoms with E-state index < -0.39 is 0 Å². The standard InChI is InChI=1S/C15H19ClN2O3/c1-10(19)17(2)12-5-7-18(8-6-12)15(21)13-9-11(16)3-4-14(13)20/h3-4,9,12,20H,5-8H2,1-2H3. The molecule has 0 spiro atoms. The van der Waals surface area contributed by atoms with E-state index in [0.29, 0.717) is 18.1 Å². The Balaban J connectivity index is 2.03. The maximum atomic E-state index is 12.4. The van der Waals surface area contributed by atoms with Gasteiger partial charge in [0.2, 0.25) is 5.91 Å². The van der Waals surface area contributed by atoms with Crippen LogP contribution in [0.15, 0.2) is 18.2 Å². The number of aromatic hydroxyl groups is 1. The number of halogens is 1. The van der Waals surface area contributed by atoms with Crippen molar-refractivity contribution in [1.29, 1.82) is 0 Å². The van der Waals surface area contributed by atoms with E-state index in [4.69, 9.17) is 11.6 Å². The van der Waals surface area contributed by atoms with Crippen LogP contribution >= 0.6 is 11.6 Å². The molecule has 0 unspecified atom stereocenters. The highest BCUT2D eigenvalue weighted by Crippen LogP contribution is 2.25. The summed E-state index contributed by atoms with van der Waals surface area (Å²) >= 11 is 5.87. The van der Waals surface area contributed by atoms with Crippen LogP contribution in [0, 0.1) is 0 Å². The molecule has 114 valence electrons. The number of carbonyl (C=O) groups is 2. The Kier molecular flexibility index (Phi) is 4.73. The van der Waals surface area contributed by atoms with Crippen LogP contribution in [0.2, 0.25) is 5.02 Å². The van der Waals surface area contributed by atoms with E-state index in [1.54, 1.807) is 29.8 Å². The molecule has 1 N–H and O–H groups in total. The molecule has 1 fully saturated rings. The van der Waals surface area contributed by atoms with Crippen molar-refractivity contribution in [3.05, 3.63) is 28.8 Å². The van der Waals surface area contributed by atoms with Gasteiger partial charge in [-0.15, -0.1) is 0 Å². The molecule has 0 radical (unpaired) electrons. The van der Waals surface area contributed by atoms with E-state index in [9.17, 15) is 14.7 Å². The van der Waals surface area contributed by atoms with E-state index in [1.807, 2.05) is 0 Å². The van der Waals surface area contributed by atoms with Crippen molar-refractivity contribution in [2.45, 2.75) is 25.8 Å². The number of hydrogen-bond donors (Lipinski definition) is 1. The van der Waals surface area contributed by atoms with Crippen molar-refractivity contribution in [3.8, 4) is 5.75 Å². The monoisotopic (exact) mass is 310 g/mol. The van der Waals surface area contributed by atoms with Crippen molar-refractivity contribution in [2.75, 3.05) is 20.1 Å². The number of likely N-dealkylation sites (tertiary alicyclic amines) is 1. The van der Waals surface area contributed by atoms with Gasteiger partial charge in [-0.05, 0) is 31.0 Å². The number of phenols is 1. The maximum Gasteiger partial charge on any atom is 0.257 e. The minimum absolute atomic E-state index is 0.0345. The summed E-state index contributed by atoms with van der Waals surface area (Å²) in [6.07, 6.45) is 1.48. The zero-order valence-corrected chi connectivity index (χ0v) is 12.9. The lowest BCUT2D eigenvalue weighted by atomic mass is 10.0. The Morgan fingerprint density at radius 2 is 1.95 bits per heavy atom. The fourth-order valence-corrected chi connectivity index (χ4v) is 2.74. The van der Waals surface area contributed by atoms with Gasteiger partial charge in [-0.25, -0.2) is 0 Å². The van der Waals surface area contributed by atoms with Gasteiger partial charge in [-0.2, -0.15) is 0 Å². The van der Waals surface area contributed by atoms with E-state index in [2.05, 4.69) is 0 Å². The number of piperidine rings is 1. The average molecular weight is 311 g/mol. The molecule has 1 aromatic carbocycles. The second-order valence-electron chi connectivity index (χ2n) is 5.31. The van der Waals surface area contributed by atoms with Crippen molar-refractivity contribution >= 4 is 23.4 Å². The first-order chi connectivity index (χ1) is 9.90. The molecule has 1 aromatic rings. The lowest BCUT2D eigenvalue weighted by Gasteiger charge is -2.36. The predicted octanol–water partition coefficient (Wildman–Crippen LogP) is 2.13. The third kappa shape index (κ3) is 3.47. The van der Waals surface area contributed by atoms with Crippen LogP contribution in [-0.4, -0.2) is 52.9 Å². The van der Waals surface area contributed by atoms with Crippen molar-refractivity contribution < 1.29 is 14.7 Å². The SMILES string of the molecule is CC(=O)N(C)C1CCN(C(=O)c2cc(Cl)ccc2O)CC1. The Morgan fingerprint density at radius 1 is 1.33 bits per heavy atom. The minimum Gasteiger partial charge on any atom is -0.507 e. The van der Waals surface area contributed by atoms with Crippen LogP contribution in [0.1, 0.15) is 30.1 Å². The first-order valence-corrected chi connectivity index (χ1v) is 7.29. The molecular weight excluding hydrogens is 292 g/mol. The molecule has 5 nitrogen and oxygen atoms in total. The van der Waals surface area contributed by atoms with Crippen LogP contribution in [-0.2, 0) is 4.79 Å². The topological polar surface area (TPSA) is 60.9 Å². The van der Waals surface area contributed by atoms with Gasteiger partial charge >= 0.3 is 0 Å². The zero-order valence-electron chi connectivity index (χ0n) is 12.2. The molecule has 0 atom stereocenters. The number of amides is 2. The molecule has 21 heavy (non-hydrogen) atoms. The van der Waals surface area contributed by atoms with Gasteiger partial charge in [0, 0.05) is 38.1 Å². The Bertz CT molecular complexity index is 554. The molecule has 0 bridgehead atoms. The summed E-state index contributed by atoms with van der Waals surface area (Å²) in [5.74, 6) is -0.251. The third-order valence-corrected chi connectivity index (χ3v) is 4.22. The number of rotatable bonds is 2. The second kappa shape index (κ2) is 6.35. The summed E-state index contributed by atoms with van der Waals surface area (Å²) in [6.45, 7) is 2.67. The molecule has 1 aliphatic rings. The lowest BCUT2D eigenvalue weighted by molar-refractivity contribution is -0.130. The van der Waals surface area contributed by atoms with Crippen LogP contribution in [0.5, 0.6) is 5.75 Å². The molecule has 0 aromatic heterocycles. The highest BCUT2D eigenvalue weighted by Gasteiger charge is 2.27. The van der Waals surface area contributed by atoms with E-state index >= 15 is 0 Å². The number of benzene rings is 1. The molecule has 1 aliphatic heterocycles. The number of phenolic OH excluding ortho intramolecular Hbond substituents is 1. The van der Waals surface area contributed by atoms with Gasteiger partial charge in [-0.1, -0.05) is 11.6 Å². The van der Waals surface area contributed by atoms with Crippen molar-refractivity contribution in [3.63, 3.8) is 0 Å². The summed E-state index contributed by atoms with van der Waals surface area (Å²) < 4.78 is 0. The summed E-state index contributed by atoms with van der Waals surface area (Å²) in [5.41, 5.74) is 0.223. The largest absolute Gasteiger partial charge is 0.507 e. The molecule has 6 heteroatoms. The lowest BCUT2D eigenvalue weighted by Crippen LogP contribution is -2.46. The van der Waals surface area contributed by atoms with Gasteiger partial charge in [0.25, 0.3) is 5.91 Å². The van der Waals surface area contributed by atoms with Crippen molar-refractivity contribution in [1.82, 2.24) is 9.80 Å². The molecule has 1 heterocycles. The van der Waals surface area contributed by atoms with E-state index in [-0.39, 0.29) is 29.2 Å². The second-order valence-corrected chi connectivity index (χ2v) is 5.75. The first kappa shape index (κ1) is 15.6. The Hall–Kier alpha value is -1.75. The fraction of sp³-hybridized carbons (Fsp3) is 0.467. The van der Waals surface area contributed by atoms with Gasteiger partial charge in [0.05, 0.1) is 5.56 Å². The molecular formula is C15H19ClN2O3. The molecule has 2 rings (SSSR count). The van der Waals surface area contributed by atoms with Gasteiger partial charge in [-0.3, -0.25) is 9.59 Å². The fourth-order valence-electron chi connectivity index (χ4n) is 2.56.